The maximum Gasteiger partial charge on any atom is 0.253 e. The molecule has 1 fully saturated rings. The Hall–Kier alpha value is -2.82. The molecular weight excluding hydrogens is 328 g/mol. The summed E-state index contributed by atoms with van der Waals surface area (Å²) in [6.45, 7) is 2.33. The normalized spacial score (nSPS) is 14.2. The lowest BCUT2D eigenvalue weighted by Crippen LogP contribution is -2.50. The molecule has 0 bridgehead atoms. The molecule has 0 saturated carbocycles. The molecule has 1 heterocycles. The highest BCUT2D eigenvalue weighted by Crippen LogP contribution is 2.15. The molecule has 0 aromatic heterocycles. The van der Waals surface area contributed by atoms with E-state index in [0.29, 0.717) is 38.2 Å². The van der Waals surface area contributed by atoms with Crippen LogP contribution in [0.2, 0.25) is 0 Å². The summed E-state index contributed by atoms with van der Waals surface area (Å²) in [5, 5.41) is 0. The Morgan fingerprint density at radius 3 is 2.12 bits per heavy atom. The summed E-state index contributed by atoms with van der Waals surface area (Å²) in [6, 6.07) is 17.2. The van der Waals surface area contributed by atoms with Crippen molar-refractivity contribution in [3.63, 3.8) is 0 Å². The molecule has 0 radical (unpaired) electrons. The molecule has 0 unspecified atom stereocenters. The molecule has 1 aliphatic rings. The van der Waals surface area contributed by atoms with Crippen molar-refractivity contribution >= 4 is 11.8 Å². The van der Waals surface area contributed by atoms with Crippen molar-refractivity contribution in [3.8, 4) is 5.75 Å². The molecule has 26 heavy (non-hydrogen) atoms. The Labute approximate surface area is 154 Å². The fourth-order valence-corrected chi connectivity index (χ4v) is 3.13. The van der Waals surface area contributed by atoms with Crippen LogP contribution >= 0.6 is 0 Å². The van der Waals surface area contributed by atoms with Gasteiger partial charge in [-0.1, -0.05) is 30.3 Å². The van der Waals surface area contributed by atoms with Crippen molar-refractivity contribution in [1.82, 2.24) is 9.80 Å². The molecule has 2 aromatic rings. The van der Waals surface area contributed by atoms with Crippen LogP contribution in [0.25, 0.3) is 0 Å². The predicted molar refractivity (Wildman–Crippen MR) is 100 cm³/mol. The lowest BCUT2D eigenvalue weighted by atomic mass is 10.1. The Morgan fingerprint density at radius 2 is 1.50 bits per heavy atom. The lowest BCUT2D eigenvalue weighted by Gasteiger charge is -2.35. The number of hydrogen-bond acceptors (Lipinski definition) is 3. The standard InChI is InChI=1S/C21H24N2O3/c1-26-19-10-8-18(9-11-19)21(25)23-15-13-22(14-16-23)20(24)12-7-17-5-3-2-4-6-17/h2-6,8-11H,7,12-16H2,1H3. The molecule has 2 amide bonds. The van der Waals surface area contributed by atoms with E-state index in [9.17, 15) is 9.59 Å². The number of hydrogen-bond donors (Lipinski definition) is 0. The van der Waals surface area contributed by atoms with Gasteiger partial charge < -0.3 is 14.5 Å². The second-order valence-corrected chi connectivity index (χ2v) is 6.39. The number of amides is 2. The SMILES string of the molecule is COc1ccc(C(=O)N2CCN(C(=O)CCc3ccccc3)CC2)cc1. The molecule has 5 nitrogen and oxygen atoms in total. The van der Waals surface area contributed by atoms with Crippen LogP contribution in [0, 0.1) is 0 Å². The topological polar surface area (TPSA) is 49.9 Å². The second-order valence-electron chi connectivity index (χ2n) is 6.39. The van der Waals surface area contributed by atoms with Gasteiger partial charge in [-0.05, 0) is 36.2 Å². The minimum atomic E-state index is 0.00374. The number of aryl methyl sites for hydroxylation is 1. The van der Waals surface area contributed by atoms with Crippen LogP contribution in [-0.4, -0.2) is 54.9 Å². The number of nitrogens with zero attached hydrogens (tertiary/aromatic N) is 2. The van der Waals surface area contributed by atoms with Gasteiger partial charge in [0.05, 0.1) is 7.11 Å². The molecule has 5 heteroatoms. The number of methoxy groups -OCH3 is 1. The van der Waals surface area contributed by atoms with Crippen LogP contribution in [0.4, 0.5) is 0 Å². The minimum absolute atomic E-state index is 0.00374. The number of ether oxygens (including phenoxy) is 1. The molecule has 136 valence electrons. The van der Waals surface area contributed by atoms with E-state index in [2.05, 4.69) is 0 Å². The fourth-order valence-electron chi connectivity index (χ4n) is 3.13. The predicted octanol–water partition coefficient (Wildman–Crippen LogP) is 2.61. The van der Waals surface area contributed by atoms with Crippen molar-refractivity contribution in [2.75, 3.05) is 33.3 Å². The zero-order chi connectivity index (χ0) is 18.4. The Bertz CT molecular complexity index is 736. The number of rotatable bonds is 5. The van der Waals surface area contributed by atoms with Crippen LogP contribution in [0.15, 0.2) is 54.6 Å². The van der Waals surface area contributed by atoms with E-state index in [4.69, 9.17) is 4.74 Å². The number of benzene rings is 2. The summed E-state index contributed by atoms with van der Waals surface area (Å²) >= 11 is 0. The molecule has 0 spiro atoms. The van der Waals surface area contributed by atoms with Gasteiger partial charge in [0.15, 0.2) is 0 Å². The average Bonchev–Trinajstić information content (AvgIpc) is 2.72. The van der Waals surface area contributed by atoms with Gasteiger partial charge in [-0.25, -0.2) is 0 Å². The van der Waals surface area contributed by atoms with Gasteiger partial charge in [0.25, 0.3) is 5.91 Å². The van der Waals surface area contributed by atoms with Crippen LogP contribution in [0.1, 0.15) is 22.3 Å². The summed E-state index contributed by atoms with van der Waals surface area (Å²) in [4.78, 5) is 28.6. The van der Waals surface area contributed by atoms with Crippen molar-refractivity contribution in [3.05, 3.63) is 65.7 Å². The molecule has 0 aliphatic carbocycles. The van der Waals surface area contributed by atoms with Crippen LogP contribution < -0.4 is 4.74 Å². The third-order valence-electron chi connectivity index (χ3n) is 4.73. The first-order valence-corrected chi connectivity index (χ1v) is 8.92. The van der Waals surface area contributed by atoms with Gasteiger partial charge in [-0.3, -0.25) is 9.59 Å². The van der Waals surface area contributed by atoms with E-state index in [1.54, 1.807) is 31.4 Å². The van der Waals surface area contributed by atoms with Crippen LogP contribution in [0.5, 0.6) is 5.75 Å². The molecule has 2 aromatic carbocycles. The Kier molecular flexibility index (Phi) is 5.89. The maximum atomic E-state index is 12.6. The Morgan fingerprint density at radius 1 is 0.885 bits per heavy atom. The molecule has 0 N–H and O–H groups in total. The van der Waals surface area contributed by atoms with Crippen molar-refractivity contribution in [2.24, 2.45) is 0 Å². The monoisotopic (exact) mass is 352 g/mol. The van der Waals surface area contributed by atoms with Crippen molar-refractivity contribution < 1.29 is 14.3 Å². The summed E-state index contributed by atoms with van der Waals surface area (Å²) in [5.41, 5.74) is 1.82. The molecule has 0 atom stereocenters. The highest BCUT2D eigenvalue weighted by atomic mass is 16.5. The van der Waals surface area contributed by atoms with E-state index >= 15 is 0 Å². The zero-order valence-electron chi connectivity index (χ0n) is 15.1. The first kappa shape index (κ1) is 18.0. The van der Waals surface area contributed by atoms with Gasteiger partial charge >= 0.3 is 0 Å². The molecular formula is C21H24N2O3. The van der Waals surface area contributed by atoms with E-state index < -0.39 is 0 Å². The molecule has 1 saturated heterocycles. The van der Waals surface area contributed by atoms with Crippen LogP contribution in [0.3, 0.4) is 0 Å². The first-order chi connectivity index (χ1) is 12.7. The maximum absolute atomic E-state index is 12.6. The van der Waals surface area contributed by atoms with Crippen molar-refractivity contribution in [2.45, 2.75) is 12.8 Å². The van der Waals surface area contributed by atoms with Gasteiger partial charge in [0, 0.05) is 38.2 Å². The summed E-state index contributed by atoms with van der Waals surface area (Å²) < 4.78 is 5.12. The third-order valence-corrected chi connectivity index (χ3v) is 4.73. The van der Waals surface area contributed by atoms with Crippen molar-refractivity contribution in [1.29, 1.82) is 0 Å². The van der Waals surface area contributed by atoms with Gasteiger partial charge in [-0.15, -0.1) is 0 Å². The van der Waals surface area contributed by atoms with Crippen LogP contribution in [-0.2, 0) is 11.2 Å². The fraction of sp³-hybridized carbons (Fsp3) is 0.333. The van der Waals surface area contributed by atoms with E-state index in [-0.39, 0.29) is 11.8 Å². The average molecular weight is 352 g/mol. The van der Waals surface area contributed by atoms with E-state index in [1.807, 2.05) is 40.1 Å². The number of piperazine rings is 1. The second kappa shape index (κ2) is 8.52. The Balaban J connectivity index is 1.48. The van der Waals surface area contributed by atoms with Gasteiger partial charge in [0.1, 0.15) is 5.75 Å². The third kappa shape index (κ3) is 4.42. The lowest BCUT2D eigenvalue weighted by molar-refractivity contribution is -0.132. The summed E-state index contributed by atoms with van der Waals surface area (Å²) in [6.07, 6.45) is 1.26. The summed E-state index contributed by atoms with van der Waals surface area (Å²) in [5.74, 6) is 0.893. The van der Waals surface area contributed by atoms with E-state index in [0.717, 1.165) is 12.2 Å². The first-order valence-electron chi connectivity index (χ1n) is 8.92. The quantitative estimate of drug-likeness (QED) is 0.831. The zero-order valence-corrected chi connectivity index (χ0v) is 15.1. The van der Waals surface area contributed by atoms with Gasteiger partial charge in [0.2, 0.25) is 5.91 Å². The largest absolute Gasteiger partial charge is 0.497 e. The number of carbonyl (C=O) groups is 2. The molecule has 1 aliphatic heterocycles. The van der Waals surface area contributed by atoms with E-state index in [1.165, 1.54) is 5.56 Å². The summed E-state index contributed by atoms with van der Waals surface area (Å²) in [7, 11) is 1.60. The molecule has 3 rings (SSSR count). The highest BCUT2D eigenvalue weighted by Gasteiger charge is 2.24. The van der Waals surface area contributed by atoms with Gasteiger partial charge in [-0.2, -0.15) is 0 Å². The highest BCUT2D eigenvalue weighted by molar-refractivity contribution is 5.94. The smallest absolute Gasteiger partial charge is 0.253 e. The number of carbonyl (C=O) groups excluding carboxylic acids is 2. The minimum Gasteiger partial charge on any atom is -0.497 e.